The number of hydrogen-bond acceptors (Lipinski definition) is 1. The van der Waals surface area contributed by atoms with E-state index in [2.05, 4.69) is 34.8 Å². The molecule has 0 fully saturated rings. The summed E-state index contributed by atoms with van der Waals surface area (Å²) in [6, 6.07) is 10.3. The molecular weight excluding hydrogens is 171 g/mol. The van der Waals surface area contributed by atoms with Gasteiger partial charge in [0.2, 0.25) is 0 Å². The maximum atomic E-state index is 8.67. The number of aryl methyl sites for hydroxylation is 1. The van der Waals surface area contributed by atoms with Gasteiger partial charge in [0, 0.05) is 0 Å². The molecule has 0 saturated heterocycles. The number of benzene rings is 1. The van der Waals surface area contributed by atoms with Gasteiger partial charge in [0.25, 0.3) is 0 Å². The first-order valence-corrected chi connectivity index (χ1v) is 3.44. The van der Waals surface area contributed by atoms with Crippen molar-refractivity contribution in [2.75, 3.05) is 0 Å². The average Bonchev–Trinajstić information content (AvgIpc) is 1.91. The van der Waals surface area contributed by atoms with Gasteiger partial charge < -0.3 is 0 Å². The second kappa shape index (κ2) is 6.52. The summed E-state index contributed by atoms with van der Waals surface area (Å²) in [6.45, 7) is 2.08. The molecular formula is C8H9CoO. The summed E-state index contributed by atoms with van der Waals surface area (Å²) < 4.78 is 0. The molecule has 0 aliphatic heterocycles. The summed E-state index contributed by atoms with van der Waals surface area (Å²) in [5.74, 6) is 0. The van der Waals surface area contributed by atoms with Crippen molar-refractivity contribution < 1.29 is 20.5 Å². The van der Waals surface area contributed by atoms with Crippen LogP contribution in [0.15, 0.2) is 30.3 Å². The van der Waals surface area contributed by atoms with Crippen LogP contribution in [0.1, 0.15) is 5.56 Å². The molecule has 1 nitrogen and oxygen atoms in total. The van der Waals surface area contributed by atoms with Crippen LogP contribution >= 0.6 is 0 Å². The second-order valence-electron chi connectivity index (χ2n) is 1.73. The maximum absolute atomic E-state index is 8.67. The Morgan fingerprint density at radius 3 is 1.90 bits per heavy atom. The van der Waals surface area contributed by atoms with Crippen LogP contribution in [0.4, 0.5) is 0 Å². The van der Waals surface area contributed by atoms with Gasteiger partial charge in [-0.15, -0.1) is 0 Å². The van der Waals surface area contributed by atoms with Gasteiger partial charge in [0.05, 0.1) is 0 Å². The summed E-state index contributed by atoms with van der Waals surface area (Å²) in [4.78, 5) is 8.67. The Kier molecular flexibility index (Phi) is 6.12. The molecule has 0 radical (unpaired) electrons. The number of carbonyl (C=O) groups excluding carboxylic acids is 1. The topological polar surface area (TPSA) is 17.1 Å². The first kappa shape index (κ1) is 9.40. The van der Waals surface area contributed by atoms with E-state index >= 15 is 0 Å². The van der Waals surface area contributed by atoms with Gasteiger partial charge in [-0.25, -0.2) is 0 Å². The van der Waals surface area contributed by atoms with Gasteiger partial charge >= 0.3 is 25.8 Å². The number of rotatable bonds is 0. The van der Waals surface area contributed by atoms with Crippen molar-refractivity contribution >= 4 is 5.22 Å². The molecule has 1 aromatic rings. The van der Waals surface area contributed by atoms with Crippen LogP contribution in [0.3, 0.4) is 0 Å². The van der Waals surface area contributed by atoms with Crippen molar-refractivity contribution in [2.45, 2.75) is 6.92 Å². The molecule has 10 heavy (non-hydrogen) atoms. The third kappa shape index (κ3) is 5.53. The molecule has 56 valence electrons. The Balaban J connectivity index is 0.000000236. The molecule has 0 N–H and O–H groups in total. The van der Waals surface area contributed by atoms with Crippen LogP contribution in [0.25, 0.3) is 0 Å². The van der Waals surface area contributed by atoms with Gasteiger partial charge in [-0.3, -0.25) is 0 Å². The second-order valence-corrected chi connectivity index (χ2v) is 1.98. The molecule has 0 spiro atoms. The van der Waals surface area contributed by atoms with Crippen LogP contribution < -0.4 is 0 Å². The van der Waals surface area contributed by atoms with E-state index in [4.69, 9.17) is 4.79 Å². The normalized spacial score (nSPS) is 7.50. The van der Waals surface area contributed by atoms with E-state index in [9.17, 15) is 0 Å². The minimum atomic E-state index is 0.438. The summed E-state index contributed by atoms with van der Waals surface area (Å²) >= 11 is 3.15. The molecule has 0 amide bonds. The predicted octanol–water partition coefficient (Wildman–Crippen LogP) is 1.72. The first-order valence-electron chi connectivity index (χ1n) is 2.84. The van der Waals surface area contributed by atoms with E-state index in [1.165, 1.54) is 5.56 Å². The molecule has 0 aromatic heterocycles. The quantitative estimate of drug-likeness (QED) is 0.555. The molecule has 1 rings (SSSR count). The van der Waals surface area contributed by atoms with Crippen molar-refractivity contribution in [3.05, 3.63) is 35.9 Å². The van der Waals surface area contributed by atoms with Crippen molar-refractivity contribution in [2.24, 2.45) is 0 Å². The van der Waals surface area contributed by atoms with E-state index < -0.39 is 0 Å². The Labute approximate surface area is 69.0 Å². The van der Waals surface area contributed by atoms with Crippen LogP contribution in [-0.2, 0) is 20.5 Å². The summed E-state index contributed by atoms with van der Waals surface area (Å²) in [5, 5.41) is 0.438. The van der Waals surface area contributed by atoms with Gasteiger partial charge in [-0.05, 0) is 6.92 Å². The molecule has 0 heterocycles. The van der Waals surface area contributed by atoms with Crippen LogP contribution in [-0.4, -0.2) is 5.22 Å². The molecule has 0 saturated carbocycles. The fourth-order valence-electron chi connectivity index (χ4n) is 0.534. The monoisotopic (exact) mass is 180 g/mol. The molecule has 0 atom stereocenters. The Morgan fingerprint density at radius 2 is 1.70 bits per heavy atom. The van der Waals surface area contributed by atoms with E-state index in [1.54, 1.807) is 0 Å². The standard InChI is InChI=1S/C7H8.CHO.Co/c1-7-5-3-2-4-6-7;1-2;/h2-6H,1H3;1H;. The van der Waals surface area contributed by atoms with Crippen molar-refractivity contribution in [1.29, 1.82) is 0 Å². The zero-order chi connectivity index (χ0) is 7.82. The molecule has 0 bridgehead atoms. The van der Waals surface area contributed by atoms with E-state index in [1.807, 2.05) is 18.2 Å². The van der Waals surface area contributed by atoms with Crippen molar-refractivity contribution in [3.8, 4) is 0 Å². The molecule has 0 unspecified atom stereocenters. The molecule has 0 aliphatic carbocycles. The van der Waals surface area contributed by atoms with Crippen molar-refractivity contribution in [3.63, 3.8) is 0 Å². The zero-order valence-electron chi connectivity index (χ0n) is 5.71. The van der Waals surface area contributed by atoms with Gasteiger partial charge in [0.1, 0.15) is 0 Å². The Bertz CT molecular complexity index is 172. The zero-order valence-corrected chi connectivity index (χ0v) is 6.75. The van der Waals surface area contributed by atoms with Crippen LogP contribution in [0, 0.1) is 6.92 Å². The van der Waals surface area contributed by atoms with E-state index in [-0.39, 0.29) is 0 Å². The molecule has 1 aromatic carbocycles. The SMILES string of the molecule is Cc1ccccc1.O=[CH][Co]. The third-order valence-corrected chi connectivity index (χ3v) is 0.940. The molecule has 2 heteroatoms. The van der Waals surface area contributed by atoms with E-state index in [0.717, 1.165) is 0 Å². The molecule has 0 aliphatic rings. The Morgan fingerprint density at radius 1 is 1.30 bits per heavy atom. The van der Waals surface area contributed by atoms with Crippen molar-refractivity contribution in [1.82, 2.24) is 0 Å². The minimum absolute atomic E-state index is 0.438. The van der Waals surface area contributed by atoms with Gasteiger partial charge in [-0.2, -0.15) is 0 Å². The number of carbonyl (C=O) groups is 1. The predicted molar refractivity (Wildman–Crippen MR) is 37.9 cm³/mol. The fourth-order valence-corrected chi connectivity index (χ4v) is 0.534. The fraction of sp³-hybridized carbons (Fsp3) is 0.125. The number of hydrogen-bond donors (Lipinski definition) is 0. The first-order chi connectivity index (χ1) is 4.81. The summed E-state index contributed by atoms with van der Waals surface area (Å²) in [7, 11) is 0. The third-order valence-electron chi connectivity index (χ3n) is 0.940. The van der Waals surface area contributed by atoms with Gasteiger partial charge in [0.15, 0.2) is 0 Å². The van der Waals surface area contributed by atoms with Crippen LogP contribution in [0.2, 0.25) is 0 Å². The van der Waals surface area contributed by atoms with E-state index in [0.29, 0.717) is 5.22 Å². The van der Waals surface area contributed by atoms with Gasteiger partial charge in [-0.1, -0.05) is 35.9 Å². The van der Waals surface area contributed by atoms with Crippen LogP contribution in [0.5, 0.6) is 0 Å². The summed E-state index contributed by atoms with van der Waals surface area (Å²) in [6.07, 6.45) is 0. The summed E-state index contributed by atoms with van der Waals surface area (Å²) in [5.41, 5.74) is 1.32. The average molecular weight is 180 g/mol. The Hall–Kier alpha value is -0.604.